The van der Waals surface area contributed by atoms with Crippen molar-refractivity contribution in [3.8, 4) is 0 Å². The quantitative estimate of drug-likeness (QED) is 0.747. The molecule has 2 aromatic heterocycles. The maximum atomic E-state index is 10.7. The van der Waals surface area contributed by atoms with Gasteiger partial charge in [-0.05, 0) is 25.0 Å². The van der Waals surface area contributed by atoms with Crippen molar-refractivity contribution in [3.05, 3.63) is 27.7 Å². The predicted octanol–water partition coefficient (Wildman–Crippen LogP) is 3.64. The highest BCUT2D eigenvalue weighted by Gasteiger charge is 2.26. The number of rotatable bonds is 2. The van der Waals surface area contributed by atoms with E-state index in [2.05, 4.69) is 4.98 Å². The minimum atomic E-state index is 0.591. The minimum Gasteiger partial charge on any atom is -0.297 e. The highest BCUT2D eigenvalue weighted by Crippen LogP contribution is 2.41. The molecule has 0 saturated heterocycles. The van der Waals surface area contributed by atoms with Crippen LogP contribution in [0.3, 0.4) is 0 Å². The number of hydrogen-bond acceptors (Lipinski definition) is 3. The molecule has 4 heteroatoms. The molecule has 3 rings (SSSR count). The molecule has 15 heavy (non-hydrogen) atoms. The lowest BCUT2D eigenvalue weighted by Crippen LogP contribution is -1.85. The van der Waals surface area contributed by atoms with Gasteiger partial charge in [0.1, 0.15) is 4.83 Å². The Balaban J connectivity index is 2.24. The first kappa shape index (κ1) is 9.31. The van der Waals surface area contributed by atoms with Crippen LogP contribution in [-0.2, 0) is 0 Å². The van der Waals surface area contributed by atoms with Gasteiger partial charge >= 0.3 is 0 Å². The summed E-state index contributed by atoms with van der Waals surface area (Å²) in [6.07, 6.45) is 3.26. The summed E-state index contributed by atoms with van der Waals surface area (Å²) in [5.41, 5.74) is 1.08. The number of thiophene rings is 1. The van der Waals surface area contributed by atoms with Crippen molar-refractivity contribution in [1.29, 1.82) is 0 Å². The van der Waals surface area contributed by atoms with E-state index in [0.29, 0.717) is 15.8 Å². The summed E-state index contributed by atoms with van der Waals surface area (Å²) in [7, 11) is 0. The third-order valence-corrected chi connectivity index (χ3v) is 3.87. The third kappa shape index (κ3) is 1.56. The average molecular weight is 238 g/mol. The molecular weight excluding hydrogens is 230 g/mol. The van der Waals surface area contributed by atoms with Crippen LogP contribution < -0.4 is 0 Å². The van der Waals surface area contributed by atoms with Gasteiger partial charge in [-0.1, -0.05) is 11.6 Å². The van der Waals surface area contributed by atoms with E-state index < -0.39 is 0 Å². The van der Waals surface area contributed by atoms with Crippen molar-refractivity contribution in [1.82, 2.24) is 4.98 Å². The zero-order valence-corrected chi connectivity index (χ0v) is 9.44. The van der Waals surface area contributed by atoms with Gasteiger partial charge in [0.2, 0.25) is 0 Å². The standard InChI is InChI=1S/C11H8ClNOS/c12-9-4-10(6-1-2-6)13-11-8(9)3-7(5-14)15-11/h3-6H,1-2H2. The number of aldehydes is 1. The Hall–Kier alpha value is -0.930. The maximum Gasteiger partial charge on any atom is 0.160 e. The van der Waals surface area contributed by atoms with E-state index in [-0.39, 0.29) is 0 Å². The summed E-state index contributed by atoms with van der Waals surface area (Å²) in [5.74, 6) is 0.591. The van der Waals surface area contributed by atoms with Crippen LogP contribution in [0.25, 0.3) is 10.2 Å². The first-order chi connectivity index (χ1) is 7.28. The van der Waals surface area contributed by atoms with Gasteiger partial charge in [0.05, 0.1) is 9.90 Å². The zero-order chi connectivity index (χ0) is 10.4. The van der Waals surface area contributed by atoms with Crippen LogP contribution in [0.15, 0.2) is 12.1 Å². The Bertz CT molecular complexity index is 545. The molecule has 0 spiro atoms. The number of aromatic nitrogens is 1. The van der Waals surface area contributed by atoms with Crippen molar-refractivity contribution in [2.75, 3.05) is 0 Å². The molecule has 0 unspecified atom stereocenters. The topological polar surface area (TPSA) is 30.0 Å². The first-order valence-corrected chi connectivity index (χ1v) is 6.02. The lowest BCUT2D eigenvalue weighted by Gasteiger charge is -1.99. The molecule has 1 fully saturated rings. The molecule has 0 radical (unpaired) electrons. The molecule has 2 nitrogen and oxygen atoms in total. The summed E-state index contributed by atoms with van der Waals surface area (Å²) in [6, 6.07) is 3.74. The van der Waals surface area contributed by atoms with E-state index in [1.54, 1.807) is 6.07 Å². The van der Waals surface area contributed by atoms with Gasteiger partial charge in [-0.25, -0.2) is 4.98 Å². The van der Waals surface area contributed by atoms with Gasteiger partial charge in [-0.2, -0.15) is 0 Å². The molecule has 2 aromatic rings. The third-order valence-electron chi connectivity index (χ3n) is 2.61. The van der Waals surface area contributed by atoms with Crippen LogP contribution in [-0.4, -0.2) is 11.3 Å². The van der Waals surface area contributed by atoms with E-state index in [1.807, 2.05) is 6.07 Å². The van der Waals surface area contributed by atoms with Gasteiger partial charge in [0.25, 0.3) is 0 Å². The van der Waals surface area contributed by atoms with Crippen LogP contribution >= 0.6 is 22.9 Å². The largest absolute Gasteiger partial charge is 0.297 e. The second-order valence-corrected chi connectivity index (χ2v) is 5.26. The maximum absolute atomic E-state index is 10.7. The molecular formula is C11H8ClNOS. The number of pyridine rings is 1. The molecule has 0 amide bonds. The van der Waals surface area contributed by atoms with Crippen LogP contribution in [0, 0.1) is 0 Å². The van der Waals surface area contributed by atoms with Crippen molar-refractivity contribution >= 4 is 39.4 Å². The van der Waals surface area contributed by atoms with Crippen LogP contribution in [0.5, 0.6) is 0 Å². The van der Waals surface area contributed by atoms with Gasteiger partial charge in [0, 0.05) is 17.0 Å². The van der Waals surface area contributed by atoms with E-state index in [9.17, 15) is 4.79 Å². The highest BCUT2D eigenvalue weighted by molar-refractivity contribution is 7.20. The predicted molar refractivity (Wildman–Crippen MR) is 62.0 cm³/mol. The molecule has 0 atom stereocenters. The van der Waals surface area contributed by atoms with E-state index in [0.717, 1.165) is 22.2 Å². The summed E-state index contributed by atoms with van der Waals surface area (Å²) >= 11 is 7.56. The van der Waals surface area contributed by atoms with Crippen molar-refractivity contribution in [2.45, 2.75) is 18.8 Å². The second kappa shape index (κ2) is 3.29. The molecule has 0 N–H and O–H groups in total. The van der Waals surface area contributed by atoms with Crippen LogP contribution in [0.4, 0.5) is 0 Å². The van der Waals surface area contributed by atoms with Gasteiger partial charge in [-0.3, -0.25) is 4.79 Å². The molecule has 1 aliphatic rings. The normalized spacial score (nSPS) is 15.8. The van der Waals surface area contributed by atoms with Crippen molar-refractivity contribution in [3.63, 3.8) is 0 Å². The molecule has 1 aliphatic carbocycles. The Labute approximate surface area is 95.9 Å². The summed E-state index contributed by atoms with van der Waals surface area (Å²) < 4.78 is 0. The van der Waals surface area contributed by atoms with E-state index >= 15 is 0 Å². The molecule has 2 heterocycles. The number of nitrogens with zero attached hydrogens (tertiary/aromatic N) is 1. The van der Waals surface area contributed by atoms with Gasteiger partial charge in [-0.15, -0.1) is 11.3 Å². The number of carbonyl (C=O) groups is 1. The van der Waals surface area contributed by atoms with E-state index in [1.165, 1.54) is 24.2 Å². The smallest absolute Gasteiger partial charge is 0.160 e. The molecule has 0 aliphatic heterocycles. The molecule has 0 aromatic carbocycles. The van der Waals surface area contributed by atoms with Crippen molar-refractivity contribution in [2.24, 2.45) is 0 Å². The highest BCUT2D eigenvalue weighted by atomic mass is 35.5. The van der Waals surface area contributed by atoms with Crippen LogP contribution in [0.2, 0.25) is 5.02 Å². The summed E-state index contributed by atoms with van der Waals surface area (Å²) in [5, 5.41) is 1.61. The molecule has 0 bridgehead atoms. The Morgan fingerprint density at radius 3 is 2.93 bits per heavy atom. The Morgan fingerprint density at radius 1 is 1.47 bits per heavy atom. The van der Waals surface area contributed by atoms with Gasteiger partial charge in [0.15, 0.2) is 6.29 Å². The lowest BCUT2D eigenvalue weighted by molar-refractivity contribution is 0.112. The summed E-state index contributed by atoms with van der Waals surface area (Å²) in [6.45, 7) is 0. The fourth-order valence-electron chi connectivity index (χ4n) is 1.66. The summed E-state index contributed by atoms with van der Waals surface area (Å²) in [4.78, 5) is 16.8. The number of halogens is 1. The Morgan fingerprint density at radius 2 is 2.27 bits per heavy atom. The van der Waals surface area contributed by atoms with Crippen molar-refractivity contribution < 1.29 is 4.79 Å². The van der Waals surface area contributed by atoms with Crippen LogP contribution in [0.1, 0.15) is 34.1 Å². The average Bonchev–Trinajstić information content (AvgIpc) is 2.98. The first-order valence-electron chi connectivity index (χ1n) is 4.83. The monoisotopic (exact) mass is 237 g/mol. The fraction of sp³-hybridized carbons (Fsp3) is 0.273. The molecule has 1 saturated carbocycles. The van der Waals surface area contributed by atoms with Gasteiger partial charge < -0.3 is 0 Å². The number of carbonyl (C=O) groups excluding carboxylic acids is 1. The number of fused-ring (bicyclic) bond motifs is 1. The SMILES string of the molecule is O=Cc1cc2c(Cl)cc(C3CC3)nc2s1. The minimum absolute atomic E-state index is 0.591. The second-order valence-electron chi connectivity index (χ2n) is 3.79. The number of hydrogen-bond donors (Lipinski definition) is 0. The van der Waals surface area contributed by atoms with E-state index in [4.69, 9.17) is 11.6 Å². The zero-order valence-electron chi connectivity index (χ0n) is 7.87. The fourth-order valence-corrected chi connectivity index (χ4v) is 2.85. The lowest BCUT2D eigenvalue weighted by atomic mass is 10.2. The Kier molecular flexibility index (Phi) is 2.04. The molecule has 76 valence electrons.